The Hall–Kier alpha value is -1.07. The largest absolute Gasteiger partial charge is 0.397 e. The maximum Gasteiger partial charge on any atom is 0.174 e. The number of nitrogen functional groups attached to an aromatic ring is 1. The second-order valence-electron chi connectivity index (χ2n) is 3.30. The highest BCUT2D eigenvalue weighted by molar-refractivity contribution is 7.18. The van der Waals surface area contributed by atoms with E-state index in [4.69, 9.17) is 10.5 Å². The van der Waals surface area contributed by atoms with Gasteiger partial charge in [-0.15, -0.1) is 11.3 Å². The molecule has 90 valence electrons. The van der Waals surface area contributed by atoms with E-state index in [0.29, 0.717) is 30.2 Å². The quantitative estimate of drug-likeness (QED) is 0.569. The molecule has 1 heterocycles. The van der Waals surface area contributed by atoms with Crippen LogP contribution in [0.2, 0.25) is 0 Å². The minimum atomic E-state index is 0.0976. The highest BCUT2D eigenvalue weighted by atomic mass is 32.1. The summed E-state index contributed by atoms with van der Waals surface area (Å²) < 4.78 is 5.20. The number of rotatable bonds is 7. The average Bonchev–Trinajstić information content (AvgIpc) is 2.65. The zero-order valence-electron chi connectivity index (χ0n) is 9.71. The van der Waals surface area contributed by atoms with Crippen LogP contribution in [0.3, 0.4) is 0 Å². The van der Waals surface area contributed by atoms with E-state index in [0.717, 1.165) is 11.5 Å². The lowest BCUT2D eigenvalue weighted by Crippen LogP contribution is -2.07. The molecule has 0 fully saturated rings. The Labute approximate surface area is 99.8 Å². The summed E-state index contributed by atoms with van der Waals surface area (Å²) >= 11 is 1.41. The van der Waals surface area contributed by atoms with E-state index in [1.54, 1.807) is 6.07 Å². The van der Waals surface area contributed by atoms with Gasteiger partial charge in [-0.05, 0) is 13.0 Å². The Morgan fingerprint density at radius 3 is 2.94 bits per heavy atom. The van der Waals surface area contributed by atoms with Crippen LogP contribution in [0.1, 0.15) is 29.9 Å². The average molecular weight is 242 g/mol. The van der Waals surface area contributed by atoms with Crippen LogP contribution in [-0.4, -0.2) is 25.5 Å². The lowest BCUT2D eigenvalue weighted by Gasteiger charge is -2.02. The van der Waals surface area contributed by atoms with Crippen molar-refractivity contribution in [1.29, 1.82) is 0 Å². The van der Waals surface area contributed by atoms with Gasteiger partial charge in [-0.3, -0.25) is 4.79 Å². The number of thiophene rings is 1. The fourth-order valence-electron chi connectivity index (χ4n) is 1.26. The summed E-state index contributed by atoms with van der Waals surface area (Å²) in [5, 5.41) is 4.11. The van der Waals surface area contributed by atoms with E-state index in [-0.39, 0.29) is 5.78 Å². The van der Waals surface area contributed by atoms with Gasteiger partial charge >= 0.3 is 0 Å². The van der Waals surface area contributed by atoms with E-state index < -0.39 is 0 Å². The molecule has 0 atom stereocenters. The van der Waals surface area contributed by atoms with Crippen molar-refractivity contribution in [1.82, 2.24) is 0 Å². The molecule has 3 N–H and O–H groups in total. The molecule has 4 nitrogen and oxygen atoms in total. The van der Waals surface area contributed by atoms with Crippen molar-refractivity contribution < 1.29 is 9.53 Å². The van der Waals surface area contributed by atoms with Crippen molar-refractivity contribution in [3.8, 4) is 0 Å². The molecular weight excluding hydrogens is 224 g/mol. The van der Waals surface area contributed by atoms with Crippen LogP contribution >= 0.6 is 11.3 Å². The first-order valence-electron chi connectivity index (χ1n) is 5.43. The molecule has 1 aromatic rings. The predicted molar refractivity (Wildman–Crippen MR) is 68.3 cm³/mol. The van der Waals surface area contributed by atoms with Crippen molar-refractivity contribution in [2.45, 2.75) is 20.3 Å². The summed E-state index contributed by atoms with van der Waals surface area (Å²) in [7, 11) is 0. The lowest BCUT2D eigenvalue weighted by atomic mass is 10.2. The van der Waals surface area contributed by atoms with Crippen molar-refractivity contribution >= 4 is 27.8 Å². The number of ketones is 1. The van der Waals surface area contributed by atoms with Crippen molar-refractivity contribution in [2.24, 2.45) is 0 Å². The van der Waals surface area contributed by atoms with Crippen molar-refractivity contribution in [2.75, 3.05) is 30.8 Å². The maximum atomic E-state index is 11.5. The number of hydrogen-bond donors (Lipinski definition) is 2. The van der Waals surface area contributed by atoms with E-state index in [1.165, 1.54) is 11.3 Å². The molecule has 0 aliphatic rings. The van der Waals surface area contributed by atoms with Crippen LogP contribution in [0, 0.1) is 0 Å². The molecule has 0 bridgehead atoms. The molecule has 0 aromatic carbocycles. The Balaban J connectivity index is 2.52. The van der Waals surface area contributed by atoms with Gasteiger partial charge in [0.05, 0.1) is 22.2 Å². The molecule has 0 spiro atoms. The highest BCUT2D eigenvalue weighted by Gasteiger charge is 2.12. The Morgan fingerprint density at radius 1 is 1.56 bits per heavy atom. The minimum Gasteiger partial charge on any atom is -0.397 e. The molecule has 0 unspecified atom stereocenters. The van der Waals surface area contributed by atoms with Crippen LogP contribution in [0.25, 0.3) is 0 Å². The molecule has 1 aromatic heterocycles. The second-order valence-corrected chi connectivity index (χ2v) is 4.35. The van der Waals surface area contributed by atoms with Crippen LogP contribution in [0.4, 0.5) is 10.7 Å². The molecular formula is C11H18N2O2S. The number of Topliss-reactive ketones (excluding diaryl/α,β-unsaturated/α-hetero) is 1. The fraction of sp³-hybridized carbons (Fsp3) is 0.545. The lowest BCUT2D eigenvalue weighted by molar-refractivity contribution is 0.0993. The molecule has 0 radical (unpaired) electrons. The molecule has 0 amide bonds. The second kappa shape index (κ2) is 6.50. The number of anilines is 2. The number of carbonyl (C=O) groups excluding carboxylic acids is 1. The summed E-state index contributed by atoms with van der Waals surface area (Å²) in [6.07, 6.45) is 0.489. The highest BCUT2D eigenvalue weighted by Crippen LogP contribution is 2.29. The fourth-order valence-corrected chi connectivity index (χ4v) is 2.28. The molecule has 0 saturated heterocycles. The van der Waals surface area contributed by atoms with Gasteiger partial charge in [0.25, 0.3) is 0 Å². The number of carbonyl (C=O) groups is 1. The van der Waals surface area contributed by atoms with Gasteiger partial charge in [-0.1, -0.05) is 6.92 Å². The van der Waals surface area contributed by atoms with Gasteiger partial charge in [-0.25, -0.2) is 0 Å². The normalized spacial score (nSPS) is 10.4. The minimum absolute atomic E-state index is 0.0976. The Bertz CT molecular complexity index is 350. The SMILES string of the molecule is CCOCCNc1cc(N)c(C(=O)CC)s1. The first-order valence-corrected chi connectivity index (χ1v) is 6.24. The smallest absolute Gasteiger partial charge is 0.174 e. The van der Waals surface area contributed by atoms with Gasteiger partial charge in [0.15, 0.2) is 5.78 Å². The van der Waals surface area contributed by atoms with Crippen LogP contribution in [0.5, 0.6) is 0 Å². The molecule has 0 saturated carbocycles. The van der Waals surface area contributed by atoms with E-state index in [2.05, 4.69) is 5.32 Å². The summed E-state index contributed by atoms with van der Waals surface area (Å²) in [5.74, 6) is 0.0976. The Kier molecular flexibility index (Phi) is 5.28. The number of ether oxygens (including phenoxy) is 1. The van der Waals surface area contributed by atoms with Gasteiger partial charge in [0, 0.05) is 19.6 Å². The number of nitrogens with one attached hydrogen (secondary N) is 1. The van der Waals surface area contributed by atoms with Gasteiger partial charge in [-0.2, -0.15) is 0 Å². The third-order valence-electron chi connectivity index (χ3n) is 2.08. The standard InChI is InChI=1S/C11H18N2O2S/c1-3-9(14)11-8(12)7-10(16-11)13-5-6-15-4-2/h7,13H,3-6,12H2,1-2H3. The van der Waals surface area contributed by atoms with Crippen molar-refractivity contribution in [3.63, 3.8) is 0 Å². The summed E-state index contributed by atoms with van der Waals surface area (Å²) in [6.45, 7) is 5.90. The van der Waals surface area contributed by atoms with Gasteiger partial charge in [0.2, 0.25) is 0 Å². The summed E-state index contributed by atoms with van der Waals surface area (Å²) in [5.41, 5.74) is 6.33. The van der Waals surface area contributed by atoms with Crippen LogP contribution < -0.4 is 11.1 Å². The van der Waals surface area contributed by atoms with Crippen LogP contribution in [-0.2, 0) is 4.74 Å². The zero-order valence-corrected chi connectivity index (χ0v) is 10.5. The molecule has 1 rings (SSSR count). The van der Waals surface area contributed by atoms with E-state index >= 15 is 0 Å². The molecule has 5 heteroatoms. The van der Waals surface area contributed by atoms with E-state index in [9.17, 15) is 4.79 Å². The molecule has 0 aliphatic carbocycles. The number of nitrogens with two attached hydrogens (primary N) is 1. The first-order chi connectivity index (χ1) is 7.69. The monoisotopic (exact) mass is 242 g/mol. The van der Waals surface area contributed by atoms with Gasteiger partial charge < -0.3 is 15.8 Å². The third-order valence-corrected chi connectivity index (χ3v) is 3.23. The zero-order chi connectivity index (χ0) is 12.0. The molecule has 16 heavy (non-hydrogen) atoms. The van der Waals surface area contributed by atoms with Gasteiger partial charge in [0.1, 0.15) is 0 Å². The van der Waals surface area contributed by atoms with Crippen molar-refractivity contribution in [3.05, 3.63) is 10.9 Å². The molecule has 0 aliphatic heterocycles. The predicted octanol–water partition coefficient (Wildman–Crippen LogP) is 2.37. The summed E-state index contributed by atoms with van der Waals surface area (Å²) in [4.78, 5) is 12.2. The first kappa shape index (κ1) is 13.0. The topological polar surface area (TPSA) is 64.3 Å². The number of hydrogen-bond acceptors (Lipinski definition) is 5. The van der Waals surface area contributed by atoms with Crippen LogP contribution in [0.15, 0.2) is 6.07 Å². The summed E-state index contributed by atoms with van der Waals surface area (Å²) in [6, 6.07) is 1.81. The maximum absolute atomic E-state index is 11.5. The van der Waals surface area contributed by atoms with E-state index in [1.807, 2.05) is 13.8 Å². The Morgan fingerprint density at radius 2 is 2.31 bits per heavy atom. The third kappa shape index (κ3) is 3.50.